The van der Waals surface area contributed by atoms with Crippen molar-refractivity contribution in [3.63, 3.8) is 0 Å². The van der Waals surface area contributed by atoms with Crippen LogP contribution in [0.5, 0.6) is 5.75 Å². The topological polar surface area (TPSA) is 146 Å². The van der Waals surface area contributed by atoms with Gasteiger partial charge in [0.1, 0.15) is 24.2 Å². The number of rotatable bonds is 5. The molecule has 5 heterocycles. The highest BCUT2D eigenvalue weighted by atomic mass is 19.1. The fourth-order valence-corrected chi connectivity index (χ4v) is 5.70. The van der Waals surface area contributed by atoms with Crippen LogP contribution < -0.4 is 15.4 Å². The molecule has 1 amide bonds. The van der Waals surface area contributed by atoms with Gasteiger partial charge in [0.05, 0.1) is 54.1 Å². The van der Waals surface area contributed by atoms with Crippen molar-refractivity contribution in [2.75, 3.05) is 31.1 Å². The van der Waals surface area contributed by atoms with Crippen molar-refractivity contribution in [3.05, 3.63) is 36.4 Å². The Balaban J connectivity index is 1.42. The van der Waals surface area contributed by atoms with Crippen molar-refractivity contribution in [2.24, 2.45) is 11.1 Å². The highest BCUT2D eigenvalue weighted by Crippen LogP contribution is 2.44. The van der Waals surface area contributed by atoms with E-state index < -0.39 is 23.2 Å². The maximum atomic E-state index is 15.9. The van der Waals surface area contributed by atoms with E-state index in [4.69, 9.17) is 10.5 Å². The first-order valence-corrected chi connectivity index (χ1v) is 12.9. The molecule has 2 aliphatic heterocycles. The first kappa shape index (κ1) is 26.6. The minimum Gasteiger partial charge on any atom is -0.488 e. The number of nitrogens with two attached hydrogens (primary N) is 1. The fourth-order valence-electron chi connectivity index (χ4n) is 5.70. The summed E-state index contributed by atoms with van der Waals surface area (Å²) < 4.78 is 23.3. The zero-order valence-corrected chi connectivity index (χ0v) is 22.6. The molecule has 0 spiro atoms. The Kier molecular flexibility index (Phi) is 6.37. The van der Waals surface area contributed by atoms with Crippen LogP contribution in [-0.2, 0) is 0 Å². The monoisotopic (exact) mass is 536 g/mol. The lowest BCUT2D eigenvalue weighted by molar-refractivity contribution is -0.140. The molecule has 0 aromatic carbocycles. The van der Waals surface area contributed by atoms with E-state index >= 15 is 4.39 Å². The van der Waals surface area contributed by atoms with E-state index in [2.05, 4.69) is 33.0 Å². The summed E-state index contributed by atoms with van der Waals surface area (Å²) in [5, 5.41) is 23.4. The van der Waals surface area contributed by atoms with E-state index in [1.54, 1.807) is 45.4 Å². The van der Waals surface area contributed by atoms with E-state index in [0.29, 0.717) is 28.1 Å². The SMILES string of the molecule is CC1(N)CCN(c2cnc(-c3cc(OCC4(F)CN(C(=O)O)C4C(C)(C)C)cn4ncc(C#N)c34)cn2)CC1. The first-order chi connectivity index (χ1) is 18.3. The van der Waals surface area contributed by atoms with Gasteiger partial charge in [-0.05, 0) is 31.2 Å². The molecule has 3 N–H and O–H groups in total. The summed E-state index contributed by atoms with van der Waals surface area (Å²) in [6, 6.07) is 2.98. The summed E-state index contributed by atoms with van der Waals surface area (Å²) in [6.07, 6.45) is 6.91. The second kappa shape index (κ2) is 9.34. The Hall–Kier alpha value is -3.98. The summed E-state index contributed by atoms with van der Waals surface area (Å²) >= 11 is 0. The van der Waals surface area contributed by atoms with Crippen LogP contribution in [0.2, 0.25) is 0 Å². The van der Waals surface area contributed by atoms with Crippen LogP contribution in [0.15, 0.2) is 30.9 Å². The lowest BCUT2D eigenvalue weighted by atomic mass is 9.70. The Morgan fingerprint density at radius 3 is 2.59 bits per heavy atom. The molecular weight excluding hydrogens is 503 g/mol. The minimum absolute atomic E-state index is 0.178. The number of hydrogen-bond acceptors (Lipinski definition) is 8. The number of alkyl halides is 1. The van der Waals surface area contributed by atoms with Gasteiger partial charge < -0.3 is 20.5 Å². The number of carboxylic acid groups (broad SMARTS) is 1. The van der Waals surface area contributed by atoms with Gasteiger partial charge in [-0.3, -0.25) is 9.88 Å². The van der Waals surface area contributed by atoms with E-state index in [-0.39, 0.29) is 18.7 Å². The molecule has 39 heavy (non-hydrogen) atoms. The maximum absolute atomic E-state index is 15.9. The van der Waals surface area contributed by atoms with Crippen LogP contribution in [-0.4, -0.2) is 79.2 Å². The minimum atomic E-state index is -1.86. The van der Waals surface area contributed by atoms with Gasteiger partial charge in [0, 0.05) is 24.2 Å². The second-order valence-electron chi connectivity index (χ2n) is 12.0. The van der Waals surface area contributed by atoms with E-state index in [1.165, 1.54) is 10.7 Å². The molecule has 206 valence electrons. The number of hydrogen-bond donors (Lipinski definition) is 2. The Bertz CT molecular complexity index is 1430. The third-order valence-corrected chi connectivity index (χ3v) is 7.63. The molecule has 2 aliphatic rings. The molecule has 0 aliphatic carbocycles. The van der Waals surface area contributed by atoms with Crippen molar-refractivity contribution in [3.8, 4) is 23.1 Å². The van der Waals surface area contributed by atoms with Crippen LogP contribution in [0, 0.1) is 16.7 Å². The standard InChI is InChI=1S/C27H33FN8O3/c1-25(2,3)23-27(28,15-35(23)24(37)38)16-39-18-9-19(22-17(10-29)11-33-36(22)14-18)20-12-32-21(13-31-20)34-7-5-26(4,30)6-8-34/h9,11-14,23H,5-8,15-16,30H2,1-4H3,(H,37,38). The number of amides is 1. The molecule has 12 heteroatoms. The van der Waals surface area contributed by atoms with Gasteiger partial charge in [0.15, 0.2) is 5.67 Å². The zero-order chi connectivity index (χ0) is 28.2. The van der Waals surface area contributed by atoms with Gasteiger partial charge in [-0.25, -0.2) is 18.7 Å². The van der Waals surface area contributed by atoms with Crippen molar-refractivity contribution < 1.29 is 19.0 Å². The largest absolute Gasteiger partial charge is 0.488 e. The van der Waals surface area contributed by atoms with Gasteiger partial charge >= 0.3 is 6.09 Å². The molecule has 11 nitrogen and oxygen atoms in total. The predicted molar refractivity (Wildman–Crippen MR) is 142 cm³/mol. The van der Waals surface area contributed by atoms with Gasteiger partial charge in [-0.1, -0.05) is 20.8 Å². The average molecular weight is 537 g/mol. The Labute approximate surface area is 226 Å². The van der Waals surface area contributed by atoms with Gasteiger partial charge in [-0.2, -0.15) is 10.4 Å². The predicted octanol–water partition coefficient (Wildman–Crippen LogP) is 3.48. The molecule has 3 aromatic heterocycles. The lowest BCUT2D eigenvalue weighted by Gasteiger charge is -2.56. The molecule has 0 radical (unpaired) electrons. The Morgan fingerprint density at radius 1 is 1.28 bits per heavy atom. The van der Waals surface area contributed by atoms with E-state index in [9.17, 15) is 15.2 Å². The van der Waals surface area contributed by atoms with Gasteiger partial charge in [0.25, 0.3) is 0 Å². The summed E-state index contributed by atoms with van der Waals surface area (Å²) in [4.78, 5) is 24.1. The van der Waals surface area contributed by atoms with Crippen LogP contribution in [0.4, 0.5) is 15.0 Å². The summed E-state index contributed by atoms with van der Waals surface area (Å²) in [5.41, 5.74) is 5.56. The number of pyridine rings is 1. The van der Waals surface area contributed by atoms with Crippen LogP contribution in [0.25, 0.3) is 16.8 Å². The number of nitrogens with zero attached hydrogens (tertiary/aromatic N) is 7. The normalized spacial score (nSPS) is 22.8. The lowest BCUT2D eigenvalue weighted by Crippen LogP contribution is -2.74. The summed E-state index contributed by atoms with van der Waals surface area (Å²) in [6.45, 7) is 8.43. The summed E-state index contributed by atoms with van der Waals surface area (Å²) in [7, 11) is 0. The number of nitriles is 1. The maximum Gasteiger partial charge on any atom is 0.407 e. The molecular formula is C27H33FN8O3. The number of carbonyl (C=O) groups is 1. The Morgan fingerprint density at radius 2 is 2.00 bits per heavy atom. The molecule has 5 rings (SSSR count). The van der Waals surface area contributed by atoms with Crippen LogP contribution in [0.1, 0.15) is 46.1 Å². The van der Waals surface area contributed by atoms with Crippen molar-refractivity contribution in [1.82, 2.24) is 24.5 Å². The number of anilines is 1. The zero-order valence-electron chi connectivity index (χ0n) is 22.6. The highest BCUT2D eigenvalue weighted by molar-refractivity contribution is 5.83. The highest BCUT2D eigenvalue weighted by Gasteiger charge is 2.61. The third kappa shape index (κ3) is 4.94. The fraction of sp³-hybridized carbons (Fsp3) is 0.519. The quantitative estimate of drug-likeness (QED) is 0.500. The molecule has 0 saturated carbocycles. The number of aromatic nitrogens is 4. The smallest absolute Gasteiger partial charge is 0.407 e. The molecule has 3 aromatic rings. The number of piperidine rings is 1. The van der Waals surface area contributed by atoms with E-state index in [1.807, 2.05) is 0 Å². The molecule has 2 saturated heterocycles. The van der Waals surface area contributed by atoms with E-state index in [0.717, 1.165) is 36.6 Å². The van der Waals surface area contributed by atoms with Gasteiger partial charge in [-0.15, -0.1) is 0 Å². The second-order valence-corrected chi connectivity index (χ2v) is 12.0. The number of likely N-dealkylation sites (tertiary alicyclic amines) is 1. The molecule has 2 unspecified atom stereocenters. The van der Waals surface area contributed by atoms with Crippen molar-refractivity contribution in [1.29, 1.82) is 5.26 Å². The van der Waals surface area contributed by atoms with Crippen LogP contribution >= 0.6 is 0 Å². The summed E-state index contributed by atoms with van der Waals surface area (Å²) in [5.74, 6) is 1.06. The third-order valence-electron chi connectivity index (χ3n) is 7.63. The molecule has 0 bridgehead atoms. The number of fused-ring (bicyclic) bond motifs is 1. The molecule has 2 fully saturated rings. The van der Waals surface area contributed by atoms with Gasteiger partial charge in [0.2, 0.25) is 0 Å². The number of halogens is 1. The molecule has 2 atom stereocenters. The van der Waals surface area contributed by atoms with Crippen LogP contribution in [0.3, 0.4) is 0 Å². The number of ether oxygens (including phenoxy) is 1. The first-order valence-electron chi connectivity index (χ1n) is 12.9. The van der Waals surface area contributed by atoms with Crippen molar-refractivity contribution in [2.45, 2.75) is 57.8 Å². The average Bonchev–Trinajstić information content (AvgIpc) is 3.28. The van der Waals surface area contributed by atoms with Crippen molar-refractivity contribution >= 4 is 17.4 Å².